The summed E-state index contributed by atoms with van der Waals surface area (Å²) in [6, 6.07) is 0. The minimum absolute atomic E-state index is 0.122. The standard InChI is InChI=1S/C10H16O4/c1-3-6-4-7(10(13)14-2)5-8(6)9(11)12/h6-8H,3-5H2,1-2H3,(H,11,12)/t6-,7+,8+/m0/s1. The summed E-state index contributed by atoms with van der Waals surface area (Å²) < 4.78 is 4.62. The highest BCUT2D eigenvalue weighted by Gasteiger charge is 2.41. The van der Waals surface area contributed by atoms with E-state index < -0.39 is 5.97 Å². The van der Waals surface area contributed by atoms with E-state index in [1.165, 1.54) is 7.11 Å². The fourth-order valence-corrected chi connectivity index (χ4v) is 2.24. The molecular weight excluding hydrogens is 184 g/mol. The van der Waals surface area contributed by atoms with Crippen molar-refractivity contribution in [2.24, 2.45) is 17.8 Å². The van der Waals surface area contributed by atoms with Crippen LogP contribution in [-0.2, 0) is 14.3 Å². The van der Waals surface area contributed by atoms with E-state index in [-0.39, 0.29) is 23.7 Å². The summed E-state index contributed by atoms with van der Waals surface area (Å²) in [5.41, 5.74) is 0. The zero-order chi connectivity index (χ0) is 10.7. The van der Waals surface area contributed by atoms with Gasteiger partial charge in [-0.2, -0.15) is 0 Å². The molecule has 1 N–H and O–H groups in total. The van der Waals surface area contributed by atoms with Crippen molar-refractivity contribution in [2.45, 2.75) is 26.2 Å². The summed E-state index contributed by atoms with van der Waals surface area (Å²) in [5, 5.41) is 8.93. The van der Waals surface area contributed by atoms with Gasteiger partial charge in [0.1, 0.15) is 0 Å². The van der Waals surface area contributed by atoms with E-state index in [9.17, 15) is 9.59 Å². The summed E-state index contributed by atoms with van der Waals surface area (Å²) in [4.78, 5) is 22.1. The van der Waals surface area contributed by atoms with E-state index in [1.807, 2.05) is 6.92 Å². The van der Waals surface area contributed by atoms with E-state index in [0.717, 1.165) is 6.42 Å². The molecule has 80 valence electrons. The van der Waals surface area contributed by atoms with E-state index in [4.69, 9.17) is 5.11 Å². The number of hydrogen-bond donors (Lipinski definition) is 1. The molecule has 3 atom stereocenters. The summed E-state index contributed by atoms with van der Waals surface area (Å²) in [5.74, 6) is -1.53. The number of methoxy groups -OCH3 is 1. The number of esters is 1. The van der Waals surface area contributed by atoms with Gasteiger partial charge in [-0.1, -0.05) is 13.3 Å². The maximum absolute atomic E-state index is 11.2. The number of carboxylic acids is 1. The van der Waals surface area contributed by atoms with Gasteiger partial charge in [-0.15, -0.1) is 0 Å². The van der Waals surface area contributed by atoms with Crippen LogP contribution in [0.25, 0.3) is 0 Å². The van der Waals surface area contributed by atoms with Crippen molar-refractivity contribution in [3.05, 3.63) is 0 Å². The average Bonchev–Trinajstić information content (AvgIpc) is 2.60. The smallest absolute Gasteiger partial charge is 0.308 e. The van der Waals surface area contributed by atoms with Gasteiger partial charge < -0.3 is 9.84 Å². The van der Waals surface area contributed by atoms with E-state index in [2.05, 4.69) is 4.74 Å². The van der Waals surface area contributed by atoms with Gasteiger partial charge in [0.25, 0.3) is 0 Å². The van der Waals surface area contributed by atoms with E-state index in [1.54, 1.807) is 0 Å². The summed E-state index contributed by atoms with van der Waals surface area (Å²) in [6.07, 6.45) is 1.89. The molecule has 0 heterocycles. The second-order valence-corrected chi connectivity index (χ2v) is 3.80. The van der Waals surface area contributed by atoms with Crippen LogP contribution in [-0.4, -0.2) is 24.2 Å². The molecule has 0 amide bonds. The molecule has 0 spiro atoms. The Balaban J connectivity index is 2.65. The van der Waals surface area contributed by atoms with Crippen molar-refractivity contribution in [2.75, 3.05) is 7.11 Å². The Bertz CT molecular complexity index is 236. The first-order valence-electron chi connectivity index (χ1n) is 4.90. The van der Waals surface area contributed by atoms with Crippen LogP contribution < -0.4 is 0 Å². The van der Waals surface area contributed by atoms with Crippen molar-refractivity contribution in [1.29, 1.82) is 0 Å². The first-order chi connectivity index (χ1) is 6.60. The van der Waals surface area contributed by atoms with Crippen LogP contribution in [0.2, 0.25) is 0 Å². The highest BCUT2D eigenvalue weighted by atomic mass is 16.5. The molecule has 1 fully saturated rings. The molecule has 4 heteroatoms. The highest BCUT2D eigenvalue weighted by Crippen LogP contribution is 2.38. The molecule has 0 bridgehead atoms. The third-order valence-corrected chi connectivity index (χ3v) is 3.07. The molecule has 14 heavy (non-hydrogen) atoms. The minimum atomic E-state index is -0.789. The molecule has 1 aliphatic carbocycles. The van der Waals surface area contributed by atoms with E-state index in [0.29, 0.717) is 12.8 Å². The van der Waals surface area contributed by atoms with Gasteiger partial charge in [-0.25, -0.2) is 0 Å². The van der Waals surface area contributed by atoms with Crippen molar-refractivity contribution in [1.82, 2.24) is 0 Å². The fraction of sp³-hybridized carbons (Fsp3) is 0.800. The molecule has 0 aromatic rings. The van der Waals surface area contributed by atoms with E-state index >= 15 is 0 Å². The zero-order valence-electron chi connectivity index (χ0n) is 8.53. The summed E-state index contributed by atoms with van der Waals surface area (Å²) in [6.45, 7) is 1.96. The van der Waals surface area contributed by atoms with Crippen LogP contribution in [0.3, 0.4) is 0 Å². The number of carboxylic acid groups (broad SMARTS) is 1. The summed E-state index contributed by atoms with van der Waals surface area (Å²) in [7, 11) is 1.34. The Morgan fingerprint density at radius 1 is 1.43 bits per heavy atom. The fourth-order valence-electron chi connectivity index (χ4n) is 2.24. The lowest BCUT2D eigenvalue weighted by Crippen LogP contribution is -2.18. The number of carbonyl (C=O) groups is 2. The Morgan fingerprint density at radius 3 is 2.43 bits per heavy atom. The largest absolute Gasteiger partial charge is 0.481 e. The highest BCUT2D eigenvalue weighted by molar-refractivity contribution is 5.76. The van der Waals surface area contributed by atoms with Crippen LogP contribution in [0.15, 0.2) is 0 Å². The van der Waals surface area contributed by atoms with Crippen molar-refractivity contribution >= 4 is 11.9 Å². The number of rotatable bonds is 3. The molecule has 0 saturated heterocycles. The Morgan fingerprint density at radius 2 is 2.07 bits per heavy atom. The first kappa shape index (κ1) is 11.0. The lowest BCUT2D eigenvalue weighted by Gasteiger charge is -2.11. The van der Waals surface area contributed by atoms with Crippen molar-refractivity contribution in [3.8, 4) is 0 Å². The van der Waals surface area contributed by atoms with Crippen LogP contribution in [0.4, 0.5) is 0 Å². The number of aliphatic carboxylic acids is 1. The first-order valence-corrected chi connectivity index (χ1v) is 4.90. The van der Waals surface area contributed by atoms with Crippen molar-refractivity contribution in [3.63, 3.8) is 0 Å². The summed E-state index contributed by atoms with van der Waals surface area (Å²) >= 11 is 0. The number of carbonyl (C=O) groups excluding carboxylic acids is 1. The van der Waals surface area contributed by atoms with Crippen LogP contribution >= 0.6 is 0 Å². The Kier molecular flexibility index (Phi) is 3.49. The maximum atomic E-state index is 11.2. The van der Waals surface area contributed by atoms with Gasteiger partial charge in [-0.05, 0) is 18.8 Å². The molecule has 1 aliphatic rings. The second kappa shape index (κ2) is 4.44. The van der Waals surface area contributed by atoms with Gasteiger partial charge in [-0.3, -0.25) is 9.59 Å². The Labute approximate surface area is 83.2 Å². The molecule has 1 saturated carbocycles. The van der Waals surface area contributed by atoms with Gasteiger partial charge >= 0.3 is 11.9 Å². The third-order valence-electron chi connectivity index (χ3n) is 3.07. The normalized spacial score (nSPS) is 31.4. The van der Waals surface area contributed by atoms with Gasteiger partial charge in [0.05, 0.1) is 18.9 Å². The lowest BCUT2D eigenvalue weighted by atomic mass is 9.94. The lowest BCUT2D eigenvalue weighted by molar-refractivity contribution is -0.145. The second-order valence-electron chi connectivity index (χ2n) is 3.80. The number of ether oxygens (including phenoxy) is 1. The van der Waals surface area contributed by atoms with Crippen LogP contribution in [0, 0.1) is 17.8 Å². The molecule has 0 radical (unpaired) electrons. The van der Waals surface area contributed by atoms with Gasteiger partial charge in [0.2, 0.25) is 0 Å². The number of hydrogen-bond acceptors (Lipinski definition) is 3. The molecule has 0 aromatic carbocycles. The predicted octanol–water partition coefficient (Wildman–Crippen LogP) is 1.30. The van der Waals surface area contributed by atoms with Crippen molar-refractivity contribution < 1.29 is 19.4 Å². The topological polar surface area (TPSA) is 63.6 Å². The minimum Gasteiger partial charge on any atom is -0.481 e. The quantitative estimate of drug-likeness (QED) is 0.697. The predicted molar refractivity (Wildman–Crippen MR) is 49.6 cm³/mol. The molecule has 0 aromatic heterocycles. The monoisotopic (exact) mass is 200 g/mol. The van der Waals surface area contributed by atoms with Crippen LogP contribution in [0.1, 0.15) is 26.2 Å². The third kappa shape index (κ3) is 2.05. The maximum Gasteiger partial charge on any atom is 0.308 e. The molecule has 1 rings (SSSR count). The van der Waals surface area contributed by atoms with Gasteiger partial charge in [0.15, 0.2) is 0 Å². The molecule has 0 unspecified atom stereocenters. The molecule has 0 aliphatic heterocycles. The average molecular weight is 200 g/mol. The SMILES string of the molecule is CC[C@H]1C[C@@H](C(=O)OC)C[C@H]1C(=O)O. The zero-order valence-corrected chi connectivity index (χ0v) is 8.53. The molecule has 4 nitrogen and oxygen atoms in total. The molecular formula is C10H16O4. The van der Waals surface area contributed by atoms with Gasteiger partial charge in [0, 0.05) is 0 Å². The Hall–Kier alpha value is -1.06. The van der Waals surface area contributed by atoms with Crippen LogP contribution in [0.5, 0.6) is 0 Å².